The number of thiazole rings is 2. The minimum atomic E-state index is 0.616. The molecular formula is C18H13N3OS2. The molecule has 0 saturated carbocycles. The van der Waals surface area contributed by atoms with E-state index >= 15 is 0 Å². The molecule has 118 valence electrons. The van der Waals surface area contributed by atoms with Gasteiger partial charge in [0.25, 0.3) is 0 Å². The van der Waals surface area contributed by atoms with Crippen LogP contribution in [-0.2, 0) is 4.79 Å². The Balaban J connectivity index is 1.81. The Labute approximate surface area is 146 Å². The summed E-state index contributed by atoms with van der Waals surface area (Å²) in [5, 5.41) is 6.24. The summed E-state index contributed by atoms with van der Waals surface area (Å²) in [6.07, 6.45) is 2.48. The molecule has 2 aromatic heterocycles. The van der Waals surface area contributed by atoms with Crippen LogP contribution in [0.25, 0.3) is 31.9 Å². The summed E-state index contributed by atoms with van der Waals surface area (Å²) in [5.74, 6) is 0. The molecule has 6 heteroatoms. The van der Waals surface area contributed by atoms with Crippen LogP contribution in [0.15, 0.2) is 48.0 Å². The molecule has 0 unspecified atom stereocenters. The van der Waals surface area contributed by atoms with Crippen LogP contribution in [-0.4, -0.2) is 16.4 Å². The Morgan fingerprint density at radius 3 is 2.79 bits per heavy atom. The van der Waals surface area contributed by atoms with Crippen LogP contribution in [0, 0.1) is 6.92 Å². The summed E-state index contributed by atoms with van der Waals surface area (Å²) < 4.78 is 1.05. The predicted octanol–water partition coefficient (Wildman–Crippen LogP) is 4.96. The molecule has 2 heterocycles. The number of carbonyl (C=O) groups excluding carboxylic acids is 1. The van der Waals surface area contributed by atoms with Gasteiger partial charge in [0.2, 0.25) is 6.41 Å². The lowest BCUT2D eigenvalue weighted by Crippen LogP contribution is -1.91. The number of nitrogens with zero attached hydrogens (tertiary/aromatic N) is 2. The first-order chi connectivity index (χ1) is 11.7. The van der Waals surface area contributed by atoms with Gasteiger partial charge in [-0.2, -0.15) is 0 Å². The molecule has 0 aliphatic carbocycles. The zero-order valence-corrected chi connectivity index (χ0v) is 14.4. The quantitative estimate of drug-likeness (QED) is 0.529. The molecule has 0 aliphatic rings. The highest BCUT2D eigenvalue weighted by atomic mass is 32.1. The molecule has 4 rings (SSSR count). The number of nitrogens with one attached hydrogen (secondary N) is 1. The van der Waals surface area contributed by atoms with Gasteiger partial charge in [-0.05, 0) is 41.8 Å². The van der Waals surface area contributed by atoms with E-state index in [1.54, 1.807) is 11.3 Å². The largest absolute Gasteiger partial charge is 0.305 e. The van der Waals surface area contributed by atoms with Gasteiger partial charge in [0, 0.05) is 17.1 Å². The zero-order chi connectivity index (χ0) is 16.5. The predicted molar refractivity (Wildman–Crippen MR) is 101 cm³/mol. The molecule has 0 bridgehead atoms. The van der Waals surface area contributed by atoms with E-state index in [-0.39, 0.29) is 0 Å². The first-order valence-corrected chi connectivity index (χ1v) is 9.06. The number of anilines is 1. The lowest BCUT2D eigenvalue weighted by Gasteiger charge is -2.08. The highest BCUT2D eigenvalue weighted by molar-refractivity contribution is 7.22. The van der Waals surface area contributed by atoms with Gasteiger partial charge in [-0.15, -0.1) is 11.3 Å². The minimum absolute atomic E-state index is 0.616. The Morgan fingerprint density at radius 2 is 2.00 bits per heavy atom. The second kappa shape index (κ2) is 6.14. The maximum atomic E-state index is 10.6. The van der Waals surface area contributed by atoms with E-state index < -0.39 is 0 Å². The molecule has 0 radical (unpaired) electrons. The van der Waals surface area contributed by atoms with Crippen molar-refractivity contribution < 1.29 is 4.79 Å². The fraction of sp³-hybridized carbons (Fsp3) is 0.0556. The number of rotatable bonds is 4. The second-order valence-corrected chi connectivity index (χ2v) is 7.26. The normalized spacial score (nSPS) is 10.9. The van der Waals surface area contributed by atoms with E-state index in [1.807, 2.05) is 17.6 Å². The van der Waals surface area contributed by atoms with Crippen LogP contribution in [0.5, 0.6) is 0 Å². The first kappa shape index (κ1) is 15.0. The third-order valence-electron chi connectivity index (χ3n) is 3.80. The van der Waals surface area contributed by atoms with Gasteiger partial charge in [0.05, 0.1) is 10.2 Å². The van der Waals surface area contributed by atoms with Gasteiger partial charge in [0.1, 0.15) is 5.01 Å². The number of hydrogen-bond acceptors (Lipinski definition) is 5. The summed E-state index contributed by atoms with van der Waals surface area (Å²) in [5.41, 5.74) is 5.55. The van der Waals surface area contributed by atoms with Crippen LogP contribution < -0.4 is 5.32 Å². The molecule has 0 aliphatic heterocycles. The van der Waals surface area contributed by atoms with Crippen molar-refractivity contribution in [3.8, 4) is 21.7 Å². The number of fused-ring (bicyclic) bond motifs is 1. The smallest absolute Gasteiger partial charge is 0.213 e. The van der Waals surface area contributed by atoms with Gasteiger partial charge in [-0.3, -0.25) is 4.79 Å². The topological polar surface area (TPSA) is 54.9 Å². The molecule has 24 heavy (non-hydrogen) atoms. The molecule has 4 aromatic rings. The summed E-state index contributed by atoms with van der Waals surface area (Å²) >= 11 is 3.11. The van der Waals surface area contributed by atoms with Crippen molar-refractivity contribution in [2.45, 2.75) is 6.92 Å². The highest BCUT2D eigenvalue weighted by Gasteiger charge is 2.09. The molecule has 2 aromatic carbocycles. The summed E-state index contributed by atoms with van der Waals surface area (Å²) in [6.45, 7) is 2.11. The molecule has 1 N–H and O–H groups in total. The number of hydrogen-bond donors (Lipinski definition) is 1. The fourth-order valence-electron chi connectivity index (χ4n) is 2.64. The average molecular weight is 351 g/mol. The van der Waals surface area contributed by atoms with E-state index in [2.05, 4.69) is 52.5 Å². The van der Waals surface area contributed by atoms with Gasteiger partial charge < -0.3 is 5.32 Å². The van der Waals surface area contributed by atoms with Gasteiger partial charge in [-0.1, -0.05) is 29.5 Å². The number of aryl methyl sites for hydroxylation is 1. The molecule has 0 atom stereocenters. The van der Waals surface area contributed by atoms with Gasteiger partial charge in [-0.25, -0.2) is 9.97 Å². The van der Waals surface area contributed by atoms with Crippen molar-refractivity contribution in [3.63, 3.8) is 0 Å². The number of carbonyl (C=O) groups is 1. The van der Waals surface area contributed by atoms with Crippen molar-refractivity contribution in [2.75, 3.05) is 5.32 Å². The number of benzene rings is 2. The van der Waals surface area contributed by atoms with Gasteiger partial charge >= 0.3 is 0 Å². The lowest BCUT2D eigenvalue weighted by atomic mass is 9.98. The van der Waals surface area contributed by atoms with Crippen LogP contribution in [0.1, 0.15) is 5.56 Å². The van der Waals surface area contributed by atoms with Crippen LogP contribution in [0.2, 0.25) is 0 Å². The van der Waals surface area contributed by atoms with Crippen molar-refractivity contribution >= 4 is 44.4 Å². The van der Waals surface area contributed by atoms with Crippen LogP contribution in [0.4, 0.5) is 5.13 Å². The molecule has 4 nitrogen and oxygen atoms in total. The minimum Gasteiger partial charge on any atom is -0.305 e. The highest BCUT2D eigenvalue weighted by Crippen LogP contribution is 2.34. The maximum Gasteiger partial charge on any atom is 0.213 e. The van der Waals surface area contributed by atoms with Crippen LogP contribution >= 0.6 is 22.7 Å². The molecular weight excluding hydrogens is 338 g/mol. The number of aromatic nitrogens is 2. The van der Waals surface area contributed by atoms with Crippen LogP contribution in [0.3, 0.4) is 0 Å². The van der Waals surface area contributed by atoms with E-state index in [1.165, 1.54) is 22.5 Å². The van der Waals surface area contributed by atoms with E-state index in [0.29, 0.717) is 11.5 Å². The molecule has 0 saturated heterocycles. The van der Waals surface area contributed by atoms with E-state index in [0.717, 1.165) is 26.4 Å². The van der Waals surface area contributed by atoms with Crippen molar-refractivity contribution in [2.24, 2.45) is 0 Å². The molecule has 0 spiro atoms. The standard InChI is InChI=1S/C18H13N3OS2/c1-11-2-3-13(17-19-6-7-23-17)8-14(11)12-4-5-15-16(9-12)24-18(21-15)20-10-22/h2-10H,1H3,(H,20,21,22). The maximum absolute atomic E-state index is 10.6. The summed E-state index contributed by atoms with van der Waals surface area (Å²) in [4.78, 5) is 19.4. The summed E-state index contributed by atoms with van der Waals surface area (Å²) in [7, 11) is 0. The monoisotopic (exact) mass is 351 g/mol. The Kier molecular flexibility index (Phi) is 3.84. The van der Waals surface area contributed by atoms with Crippen molar-refractivity contribution in [1.29, 1.82) is 0 Å². The van der Waals surface area contributed by atoms with E-state index in [4.69, 9.17) is 0 Å². The zero-order valence-electron chi connectivity index (χ0n) is 12.8. The fourth-order valence-corrected chi connectivity index (χ4v) is 4.14. The summed E-state index contributed by atoms with van der Waals surface area (Å²) in [6, 6.07) is 12.6. The SMILES string of the molecule is Cc1ccc(-c2nccs2)cc1-c1ccc2nc(NC=O)sc2c1. The third kappa shape index (κ3) is 2.70. The Morgan fingerprint density at radius 1 is 1.12 bits per heavy atom. The third-order valence-corrected chi connectivity index (χ3v) is 5.57. The Hall–Kier alpha value is -2.57. The van der Waals surface area contributed by atoms with Crippen molar-refractivity contribution in [1.82, 2.24) is 9.97 Å². The number of amides is 1. The van der Waals surface area contributed by atoms with Crippen molar-refractivity contribution in [3.05, 3.63) is 53.5 Å². The Bertz CT molecular complexity index is 1020. The first-order valence-electron chi connectivity index (χ1n) is 7.36. The molecule has 0 fully saturated rings. The van der Waals surface area contributed by atoms with E-state index in [9.17, 15) is 4.79 Å². The lowest BCUT2D eigenvalue weighted by molar-refractivity contribution is -0.105. The average Bonchev–Trinajstić information content (AvgIpc) is 3.24. The second-order valence-electron chi connectivity index (χ2n) is 5.33. The van der Waals surface area contributed by atoms with Gasteiger partial charge in [0.15, 0.2) is 5.13 Å². The molecule has 1 amide bonds.